The Labute approximate surface area is 278 Å². The van der Waals surface area contributed by atoms with Crippen molar-refractivity contribution in [1.29, 1.82) is 0 Å². The van der Waals surface area contributed by atoms with Crippen LogP contribution in [0.1, 0.15) is 83.1 Å². The molecule has 1 saturated heterocycles. The molecule has 7 rings (SSSR count). The van der Waals surface area contributed by atoms with E-state index in [0.29, 0.717) is 24.7 Å². The summed E-state index contributed by atoms with van der Waals surface area (Å²) in [4.78, 5) is 15.2. The van der Waals surface area contributed by atoms with E-state index in [1.54, 1.807) is 0 Å². The molecule has 6 bridgehead atoms. The van der Waals surface area contributed by atoms with Crippen LogP contribution in [0.15, 0.2) is 54.7 Å². The van der Waals surface area contributed by atoms with Gasteiger partial charge in [0.1, 0.15) is 5.75 Å². The van der Waals surface area contributed by atoms with Gasteiger partial charge in [-0.25, -0.2) is 9.31 Å². The molecular weight excluding hydrogens is 590 g/mol. The summed E-state index contributed by atoms with van der Waals surface area (Å²) in [6.45, 7) is 17.0. The Morgan fingerprint density at radius 2 is 1.83 bits per heavy atom. The molecule has 2 atom stereocenters. The van der Waals surface area contributed by atoms with Crippen LogP contribution in [0.3, 0.4) is 0 Å². The number of rotatable bonds is 3. The van der Waals surface area contributed by atoms with Crippen molar-refractivity contribution in [3.8, 4) is 28.1 Å². The van der Waals surface area contributed by atoms with Crippen molar-refractivity contribution >= 4 is 17.2 Å². The number of benzene rings is 2. The van der Waals surface area contributed by atoms with Crippen molar-refractivity contribution in [1.82, 2.24) is 9.61 Å². The van der Waals surface area contributed by atoms with E-state index in [1.165, 1.54) is 5.56 Å². The Bertz CT molecular complexity index is 1760. The number of hydrogen-bond donors (Lipinski definition) is 1. The van der Waals surface area contributed by atoms with Crippen LogP contribution in [0.4, 0.5) is 5.69 Å². The second kappa shape index (κ2) is 13.0. The molecule has 3 aliphatic heterocycles. The number of nitrogens with zero attached hydrogens (tertiary/aromatic N) is 3. The monoisotopic (exact) mass is 639 g/mol. The van der Waals surface area contributed by atoms with Gasteiger partial charge in [-0.1, -0.05) is 36.8 Å². The van der Waals surface area contributed by atoms with Crippen molar-refractivity contribution in [2.24, 2.45) is 5.92 Å². The van der Waals surface area contributed by atoms with E-state index in [9.17, 15) is 9.90 Å². The summed E-state index contributed by atoms with van der Waals surface area (Å²) in [6.07, 6.45) is 4.47. The number of ether oxygens (including phenoxy) is 3. The number of anilines is 1. The average Bonchev–Trinajstić information content (AvgIpc) is 3.44. The average molecular weight is 640 g/mol. The molecule has 0 radical (unpaired) electrons. The predicted molar refractivity (Wildman–Crippen MR) is 186 cm³/mol. The molecule has 8 nitrogen and oxygen atoms in total. The molecule has 3 aliphatic rings. The van der Waals surface area contributed by atoms with Crippen LogP contribution < -0.4 is 9.64 Å². The smallest absolute Gasteiger partial charge is 0.337 e. The lowest BCUT2D eigenvalue weighted by molar-refractivity contribution is -0.160. The number of carbonyl (C=O) groups is 1. The molecule has 250 valence electrons. The molecule has 0 saturated carbocycles. The van der Waals surface area contributed by atoms with Crippen molar-refractivity contribution in [3.05, 3.63) is 71.4 Å². The molecule has 0 amide bonds. The third-order valence-corrected chi connectivity index (χ3v) is 9.49. The first-order valence-electron chi connectivity index (χ1n) is 17.0. The summed E-state index contributed by atoms with van der Waals surface area (Å²) in [5.41, 5.74) is 7.42. The molecular formula is C39H49N3O5. The van der Waals surface area contributed by atoms with E-state index in [4.69, 9.17) is 19.3 Å². The Balaban J connectivity index is 1.53. The number of aromatic nitrogens is 2. The highest BCUT2D eigenvalue weighted by Gasteiger charge is 2.37. The molecule has 2 unspecified atom stereocenters. The maximum Gasteiger partial charge on any atom is 0.337 e. The fourth-order valence-corrected chi connectivity index (χ4v) is 6.89. The van der Waals surface area contributed by atoms with Crippen molar-refractivity contribution in [3.63, 3.8) is 0 Å². The Kier molecular flexibility index (Phi) is 9.11. The normalized spacial score (nSPS) is 21.3. The summed E-state index contributed by atoms with van der Waals surface area (Å²) in [5.74, 6) is 0.264. The van der Waals surface area contributed by atoms with Gasteiger partial charge in [0.25, 0.3) is 0 Å². The first kappa shape index (κ1) is 33.0. The van der Waals surface area contributed by atoms with Gasteiger partial charge in [0.05, 0.1) is 34.7 Å². The summed E-state index contributed by atoms with van der Waals surface area (Å²) in [5, 5.41) is 15.6. The highest BCUT2D eigenvalue weighted by Crippen LogP contribution is 2.42. The molecule has 0 spiro atoms. The highest BCUT2D eigenvalue weighted by atomic mass is 16.5. The van der Waals surface area contributed by atoms with Crippen LogP contribution in [-0.2, 0) is 14.3 Å². The molecule has 2 aromatic carbocycles. The van der Waals surface area contributed by atoms with E-state index in [2.05, 4.69) is 74.2 Å². The largest absolute Gasteiger partial charge is 0.493 e. The Morgan fingerprint density at radius 1 is 1.09 bits per heavy atom. The number of pyridine rings is 1. The molecule has 4 aromatic rings. The lowest BCUT2D eigenvalue weighted by Gasteiger charge is -2.42. The quantitative estimate of drug-likeness (QED) is 0.241. The van der Waals surface area contributed by atoms with Gasteiger partial charge in [0.2, 0.25) is 0 Å². The van der Waals surface area contributed by atoms with Crippen LogP contribution >= 0.6 is 0 Å². The molecule has 0 aliphatic carbocycles. The van der Waals surface area contributed by atoms with Gasteiger partial charge in [0.15, 0.2) is 6.10 Å². The lowest BCUT2D eigenvalue weighted by Crippen LogP contribution is -2.45. The van der Waals surface area contributed by atoms with E-state index in [0.717, 1.165) is 83.7 Å². The topological polar surface area (TPSA) is 85.5 Å². The second-order valence-electron chi connectivity index (χ2n) is 14.8. The maximum absolute atomic E-state index is 12.9. The van der Waals surface area contributed by atoms with Gasteiger partial charge >= 0.3 is 5.97 Å². The number of hydrogen-bond acceptors (Lipinski definition) is 6. The standard InChI is InChI=1S/C39H49N3O5/c1-25-13-14-33-30(20-25)28-11-8-12-29(21-28)31-22-32-35(34(27(3)23-42(32)40-31)36(37(43)44)47-38(4,5)6)41-17-15-39(7,16-18-41)46-19-9-10-26(2)24-45-33/h8,11-14,20-23,26,36H,9-10,15-19,24H2,1-7H3,(H,43,44). The number of fused-ring (bicyclic) bond motifs is 8. The minimum Gasteiger partial charge on any atom is -0.493 e. The van der Waals surface area contributed by atoms with Crippen LogP contribution in [0.2, 0.25) is 0 Å². The second-order valence-corrected chi connectivity index (χ2v) is 14.8. The van der Waals surface area contributed by atoms with Gasteiger partial charge in [-0.2, -0.15) is 5.10 Å². The third-order valence-electron chi connectivity index (χ3n) is 9.49. The lowest BCUT2D eigenvalue weighted by atomic mass is 9.91. The van der Waals surface area contributed by atoms with Crippen molar-refractivity contribution in [2.75, 3.05) is 31.2 Å². The number of carboxylic acids is 1. The van der Waals surface area contributed by atoms with Crippen LogP contribution in [0.5, 0.6) is 5.75 Å². The van der Waals surface area contributed by atoms with Crippen molar-refractivity contribution in [2.45, 2.75) is 91.5 Å². The zero-order chi connectivity index (χ0) is 33.5. The summed E-state index contributed by atoms with van der Waals surface area (Å²) >= 11 is 0. The summed E-state index contributed by atoms with van der Waals surface area (Å²) < 4.78 is 21.2. The van der Waals surface area contributed by atoms with Crippen LogP contribution in [0.25, 0.3) is 27.9 Å². The van der Waals surface area contributed by atoms with E-state index in [1.807, 2.05) is 38.4 Å². The van der Waals surface area contributed by atoms with Gasteiger partial charge in [-0.3, -0.25) is 0 Å². The van der Waals surface area contributed by atoms with E-state index < -0.39 is 17.7 Å². The fourth-order valence-electron chi connectivity index (χ4n) is 6.89. The molecule has 47 heavy (non-hydrogen) atoms. The maximum atomic E-state index is 12.9. The number of piperidine rings is 1. The van der Waals surface area contributed by atoms with Crippen molar-refractivity contribution < 1.29 is 24.1 Å². The third kappa shape index (κ3) is 7.19. The minimum atomic E-state index is -1.13. The summed E-state index contributed by atoms with van der Waals surface area (Å²) in [6, 6.07) is 16.9. The molecule has 1 fully saturated rings. The number of aliphatic carboxylic acids is 1. The van der Waals surface area contributed by atoms with Gasteiger partial charge < -0.3 is 24.2 Å². The van der Waals surface area contributed by atoms with Crippen LogP contribution in [0, 0.1) is 19.8 Å². The number of carboxylic acid groups (broad SMARTS) is 1. The number of aryl methyl sites for hydroxylation is 2. The first-order chi connectivity index (χ1) is 22.3. The Hall–Kier alpha value is -3.88. The molecule has 2 aromatic heterocycles. The zero-order valence-corrected chi connectivity index (χ0v) is 28.9. The fraction of sp³-hybridized carbons (Fsp3) is 0.487. The molecule has 5 heterocycles. The zero-order valence-electron chi connectivity index (χ0n) is 28.9. The molecule has 1 N–H and O–H groups in total. The minimum absolute atomic E-state index is 0.242. The van der Waals surface area contributed by atoms with E-state index in [-0.39, 0.29) is 5.60 Å². The first-order valence-corrected chi connectivity index (χ1v) is 17.0. The van der Waals surface area contributed by atoms with Gasteiger partial charge in [0, 0.05) is 42.6 Å². The predicted octanol–water partition coefficient (Wildman–Crippen LogP) is 8.41. The highest BCUT2D eigenvalue weighted by molar-refractivity contribution is 5.87. The summed E-state index contributed by atoms with van der Waals surface area (Å²) in [7, 11) is 0. The molecule has 8 heteroatoms. The Morgan fingerprint density at radius 3 is 2.55 bits per heavy atom. The van der Waals surface area contributed by atoms with E-state index >= 15 is 0 Å². The SMILES string of the molecule is Cc1ccc2c(c1)-c1cccc(c1)-c1cc3c(c(C(OC(C)(C)C)C(=O)O)c(C)cn3n1)N1CCC(C)(CC1)OCCCC(C)CO2. The van der Waals surface area contributed by atoms with Gasteiger partial charge in [-0.15, -0.1) is 0 Å². The van der Waals surface area contributed by atoms with Gasteiger partial charge in [-0.05, 0) is 109 Å². The van der Waals surface area contributed by atoms with Crippen LogP contribution in [-0.4, -0.2) is 58.2 Å².